The molecule has 4 aromatic carbocycles. The molecule has 1 unspecified atom stereocenters. The normalized spacial score (nSPS) is 13.5. The summed E-state index contributed by atoms with van der Waals surface area (Å²) in [6.45, 7) is 6.52. The molecule has 0 aliphatic rings. The molecule has 25 heavy (non-hydrogen) atoms. The number of hydrogen-bond donors (Lipinski definition) is 0. The molecule has 0 saturated carbocycles. The minimum absolute atomic E-state index is 0.166. The van der Waals surface area contributed by atoms with Gasteiger partial charge >= 0.3 is 0 Å². The fraction of sp³-hybridized carbons (Fsp3) is 0.227. The molecule has 3 heteroatoms. The minimum Gasteiger partial charge on any atom is -0.410 e. The summed E-state index contributed by atoms with van der Waals surface area (Å²) >= 11 is 0. The first kappa shape index (κ1) is 16.1. The predicted octanol–water partition coefficient (Wildman–Crippen LogP) is 6.39. The number of rotatable bonds is 4. The summed E-state index contributed by atoms with van der Waals surface area (Å²) < 4.78 is 6.37. The molecule has 0 saturated heterocycles. The first-order valence-electron chi connectivity index (χ1n) is 8.69. The Morgan fingerprint density at radius 1 is 0.880 bits per heavy atom. The summed E-state index contributed by atoms with van der Waals surface area (Å²) in [5.41, 5.74) is 1.13. The highest BCUT2D eigenvalue weighted by atomic mass is 28.4. The standard InChI is InChI=1S/C22H21NOSi/c1-25(2,3)24-20(13-14-23)18-11-9-17-8-7-15-5-4-6-16-10-12-19(18)22(17)21(15)16/h4-12,20H,13H2,1-3H3. The highest BCUT2D eigenvalue weighted by Crippen LogP contribution is 2.39. The quantitative estimate of drug-likeness (QED) is 0.318. The van der Waals surface area contributed by atoms with Gasteiger partial charge in [-0.3, -0.25) is 0 Å². The number of hydrogen-bond acceptors (Lipinski definition) is 2. The summed E-state index contributed by atoms with van der Waals surface area (Å²) in [5.74, 6) is 0. The zero-order valence-electron chi connectivity index (χ0n) is 14.8. The van der Waals surface area contributed by atoms with Gasteiger partial charge in [0.15, 0.2) is 8.32 Å². The Balaban J connectivity index is 2.03. The van der Waals surface area contributed by atoms with Crippen LogP contribution in [-0.4, -0.2) is 8.32 Å². The van der Waals surface area contributed by atoms with E-state index < -0.39 is 8.32 Å². The lowest BCUT2D eigenvalue weighted by atomic mass is 9.90. The molecule has 0 aliphatic carbocycles. The van der Waals surface area contributed by atoms with Gasteiger partial charge in [-0.2, -0.15) is 5.26 Å². The zero-order valence-corrected chi connectivity index (χ0v) is 15.8. The average molecular weight is 344 g/mol. The molecule has 4 aromatic rings. The summed E-state index contributed by atoms with van der Waals surface area (Å²) in [6, 6.07) is 21.8. The Bertz CT molecular complexity index is 1090. The van der Waals surface area contributed by atoms with E-state index in [4.69, 9.17) is 4.43 Å². The lowest BCUT2D eigenvalue weighted by Gasteiger charge is -2.26. The molecule has 0 N–H and O–H groups in total. The van der Waals surface area contributed by atoms with Crippen LogP contribution in [0.5, 0.6) is 0 Å². The Hall–Kier alpha value is -2.41. The van der Waals surface area contributed by atoms with Crippen LogP contribution < -0.4 is 0 Å². The van der Waals surface area contributed by atoms with Crippen LogP contribution in [0.2, 0.25) is 19.6 Å². The number of benzene rings is 4. The molecule has 0 fully saturated rings. The second-order valence-corrected chi connectivity index (χ2v) is 12.1. The van der Waals surface area contributed by atoms with Gasteiger partial charge in [0.05, 0.1) is 18.6 Å². The van der Waals surface area contributed by atoms with Crippen molar-refractivity contribution >= 4 is 40.6 Å². The second-order valence-electron chi connectivity index (χ2n) is 7.59. The van der Waals surface area contributed by atoms with E-state index in [1.165, 1.54) is 32.3 Å². The molecular formula is C22H21NOSi. The smallest absolute Gasteiger partial charge is 0.184 e. The Morgan fingerprint density at radius 3 is 2.12 bits per heavy atom. The maximum atomic E-state index is 9.32. The zero-order chi connectivity index (χ0) is 17.6. The van der Waals surface area contributed by atoms with Gasteiger partial charge in [-0.15, -0.1) is 0 Å². The fourth-order valence-electron chi connectivity index (χ4n) is 3.76. The Labute approximate surface area is 149 Å². The lowest BCUT2D eigenvalue weighted by Crippen LogP contribution is -2.28. The molecule has 2 nitrogen and oxygen atoms in total. The van der Waals surface area contributed by atoms with E-state index in [1.807, 2.05) is 0 Å². The van der Waals surface area contributed by atoms with Crippen LogP contribution in [0.4, 0.5) is 0 Å². The van der Waals surface area contributed by atoms with Crippen LogP contribution in [0.1, 0.15) is 18.1 Å². The van der Waals surface area contributed by atoms with Gasteiger partial charge in [-0.1, -0.05) is 54.6 Å². The van der Waals surface area contributed by atoms with Crippen LogP contribution in [-0.2, 0) is 4.43 Å². The van der Waals surface area contributed by atoms with Crippen molar-refractivity contribution in [2.75, 3.05) is 0 Å². The van der Waals surface area contributed by atoms with Crippen LogP contribution in [0.15, 0.2) is 54.6 Å². The van der Waals surface area contributed by atoms with E-state index in [0.717, 1.165) is 5.56 Å². The monoisotopic (exact) mass is 343 g/mol. The highest BCUT2D eigenvalue weighted by molar-refractivity contribution is 6.69. The molecule has 0 bridgehead atoms. The molecule has 0 amide bonds. The molecule has 0 radical (unpaired) electrons. The highest BCUT2D eigenvalue weighted by Gasteiger charge is 2.24. The first-order chi connectivity index (χ1) is 12.0. The van der Waals surface area contributed by atoms with E-state index in [9.17, 15) is 5.26 Å². The van der Waals surface area contributed by atoms with Crippen LogP contribution in [0.3, 0.4) is 0 Å². The maximum absolute atomic E-state index is 9.32. The summed E-state index contributed by atoms with van der Waals surface area (Å²) in [4.78, 5) is 0. The van der Waals surface area contributed by atoms with E-state index in [2.05, 4.69) is 80.3 Å². The van der Waals surface area contributed by atoms with Crippen molar-refractivity contribution in [2.45, 2.75) is 32.2 Å². The van der Waals surface area contributed by atoms with Gasteiger partial charge in [0.1, 0.15) is 0 Å². The van der Waals surface area contributed by atoms with Gasteiger partial charge in [-0.25, -0.2) is 0 Å². The SMILES string of the molecule is C[Si](C)(C)OC(CC#N)c1ccc2ccc3cccc4ccc1c2c34. The first-order valence-corrected chi connectivity index (χ1v) is 12.1. The molecule has 0 aliphatic heterocycles. The molecule has 124 valence electrons. The largest absolute Gasteiger partial charge is 0.410 e. The topological polar surface area (TPSA) is 33.0 Å². The second kappa shape index (κ2) is 5.84. The van der Waals surface area contributed by atoms with Crippen LogP contribution in [0.25, 0.3) is 32.3 Å². The van der Waals surface area contributed by atoms with E-state index in [0.29, 0.717) is 6.42 Å². The summed E-state index contributed by atoms with van der Waals surface area (Å²) in [7, 11) is -1.76. The van der Waals surface area contributed by atoms with Gasteiger partial charge in [0.25, 0.3) is 0 Å². The molecule has 0 heterocycles. The van der Waals surface area contributed by atoms with Gasteiger partial charge in [0.2, 0.25) is 0 Å². The predicted molar refractivity (Wildman–Crippen MR) is 108 cm³/mol. The van der Waals surface area contributed by atoms with Crippen molar-refractivity contribution in [3.8, 4) is 6.07 Å². The fourth-order valence-corrected chi connectivity index (χ4v) is 4.83. The molecule has 0 aromatic heterocycles. The van der Waals surface area contributed by atoms with E-state index in [1.54, 1.807) is 0 Å². The third kappa shape index (κ3) is 2.78. The third-order valence-electron chi connectivity index (χ3n) is 4.68. The average Bonchev–Trinajstić information content (AvgIpc) is 2.58. The Kier molecular flexibility index (Phi) is 3.75. The van der Waals surface area contributed by atoms with Crippen molar-refractivity contribution < 1.29 is 4.43 Å². The molecule has 4 rings (SSSR count). The van der Waals surface area contributed by atoms with Gasteiger partial charge < -0.3 is 4.43 Å². The maximum Gasteiger partial charge on any atom is 0.184 e. The molecular weight excluding hydrogens is 322 g/mol. The van der Waals surface area contributed by atoms with Gasteiger partial charge in [0, 0.05) is 0 Å². The summed E-state index contributed by atoms with van der Waals surface area (Å²) in [6.07, 6.45) is 0.218. The Morgan fingerprint density at radius 2 is 1.48 bits per heavy atom. The van der Waals surface area contributed by atoms with E-state index >= 15 is 0 Å². The van der Waals surface area contributed by atoms with E-state index in [-0.39, 0.29) is 6.10 Å². The summed E-state index contributed by atoms with van der Waals surface area (Å²) in [5, 5.41) is 16.9. The van der Waals surface area contributed by atoms with Crippen molar-refractivity contribution in [3.05, 3.63) is 60.2 Å². The number of nitrogens with zero attached hydrogens (tertiary/aromatic N) is 1. The lowest BCUT2D eigenvalue weighted by molar-refractivity contribution is 0.205. The molecule has 0 spiro atoms. The van der Waals surface area contributed by atoms with Crippen molar-refractivity contribution in [1.82, 2.24) is 0 Å². The number of nitriles is 1. The third-order valence-corrected chi connectivity index (χ3v) is 5.67. The van der Waals surface area contributed by atoms with Crippen molar-refractivity contribution in [2.24, 2.45) is 0 Å². The minimum atomic E-state index is -1.76. The van der Waals surface area contributed by atoms with Crippen LogP contribution in [0, 0.1) is 11.3 Å². The van der Waals surface area contributed by atoms with Crippen molar-refractivity contribution in [1.29, 1.82) is 5.26 Å². The van der Waals surface area contributed by atoms with Crippen molar-refractivity contribution in [3.63, 3.8) is 0 Å². The van der Waals surface area contributed by atoms with Gasteiger partial charge in [-0.05, 0) is 57.5 Å². The molecule has 1 atom stereocenters. The van der Waals surface area contributed by atoms with Crippen LogP contribution >= 0.6 is 0 Å².